The summed E-state index contributed by atoms with van der Waals surface area (Å²) in [4.78, 5) is 25.3. The molecule has 3 aromatic carbocycles. The van der Waals surface area contributed by atoms with Gasteiger partial charge >= 0.3 is 6.18 Å². The lowest BCUT2D eigenvalue weighted by atomic mass is 9.86. The summed E-state index contributed by atoms with van der Waals surface area (Å²) in [6.45, 7) is 0.0255. The Bertz CT molecular complexity index is 1350. The van der Waals surface area contributed by atoms with Gasteiger partial charge in [-0.05, 0) is 65.2 Å². The van der Waals surface area contributed by atoms with Crippen LogP contribution in [0.1, 0.15) is 38.5 Å². The monoisotopic (exact) mass is 572 g/mol. The fourth-order valence-corrected chi connectivity index (χ4v) is 4.77. The van der Waals surface area contributed by atoms with Crippen LogP contribution in [0.25, 0.3) is 0 Å². The van der Waals surface area contributed by atoms with Crippen LogP contribution in [0.4, 0.5) is 27.6 Å². The summed E-state index contributed by atoms with van der Waals surface area (Å²) < 4.78 is 67.8. The highest BCUT2D eigenvalue weighted by Gasteiger charge is 2.33. The van der Waals surface area contributed by atoms with Crippen molar-refractivity contribution in [2.75, 3.05) is 11.9 Å². The fraction of sp³-hybridized carbons (Fsp3) is 0.167. The molecule has 1 heterocycles. The van der Waals surface area contributed by atoms with E-state index in [-0.39, 0.29) is 29.6 Å². The first-order valence-corrected chi connectivity index (χ1v) is 11.3. The van der Waals surface area contributed by atoms with E-state index in [1.807, 2.05) is 0 Å². The summed E-state index contributed by atoms with van der Waals surface area (Å²) in [5, 5.41) is 5.48. The number of carbonyl (C=O) groups is 2. The third kappa shape index (κ3) is 5.48. The van der Waals surface area contributed by atoms with E-state index in [0.29, 0.717) is 39.4 Å². The predicted octanol–water partition coefficient (Wildman–Crippen LogP) is 6.46. The lowest BCUT2D eigenvalue weighted by Crippen LogP contribution is -2.27. The zero-order chi connectivity index (χ0) is 25.5. The lowest BCUT2D eigenvalue weighted by Gasteiger charge is -2.23. The minimum Gasteiger partial charge on any atom is -0.355 e. The summed E-state index contributed by atoms with van der Waals surface area (Å²) in [6.07, 6.45) is -4.92. The molecule has 1 aliphatic rings. The van der Waals surface area contributed by atoms with Crippen LogP contribution in [0.5, 0.6) is 0 Å². The molecule has 2 amide bonds. The zero-order valence-electron chi connectivity index (χ0n) is 17.6. The standard InChI is InChI=1S/C24H15BrClF5N2O2/c25-14-4-11-6-21(34)32-10-18(17-9-15(27)1-2-19(17)26)22(11)20(8-14)33-23(35)12-3-13(24(29,30)31)7-16(28)5-12/h1-5,7-9,18H,6,10H2,(H,32,34)(H,33,35). The molecule has 0 aliphatic carbocycles. The van der Waals surface area contributed by atoms with Gasteiger partial charge in [0.1, 0.15) is 11.6 Å². The van der Waals surface area contributed by atoms with Crippen molar-refractivity contribution in [2.24, 2.45) is 0 Å². The van der Waals surface area contributed by atoms with E-state index in [2.05, 4.69) is 26.6 Å². The molecular weight excluding hydrogens is 559 g/mol. The van der Waals surface area contributed by atoms with Gasteiger partial charge in [0.15, 0.2) is 0 Å². The Kier molecular flexibility index (Phi) is 6.88. The molecule has 0 saturated carbocycles. The molecule has 1 atom stereocenters. The minimum absolute atomic E-state index is 0.0255. The Labute approximate surface area is 209 Å². The Balaban J connectivity index is 1.83. The van der Waals surface area contributed by atoms with Gasteiger partial charge in [0.2, 0.25) is 5.91 Å². The van der Waals surface area contributed by atoms with Crippen LogP contribution in [-0.4, -0.2) is 18.4 Å². The zero-order valence-corrected chi connectivity index (χ0v) is 19.9. The van der Waals surface area contributed by atoms with Gasteiger partial charge in [-0.1, -0.05) is 27.5 Å². The summed E-state index contributed by atoms with van der Waals surface area (Å²) in [7, 11) is 0. The van der Waals surface area contributed by atoms with E-state index in [1.165, 1.54) is 24.3 Å². The van der Waals surface area contributed by atoms with Gasteiger partial charge in [0.25, 0.3) is 5.91 Å². The number of nitrogens with one attached hydrogen (secondary N) is 2. The number of alkyl halides is 3. The van der Waals surface area contributed by atoms with Crippen molar-refractivity contribution >= 4 is 45.0 Å². The summed E-state index contributed by atoms with van der Waals surface area (Å²) in [5.41, 5.74) is -0.439. The van der Waals surface area contributed by atoms with E-state index < -0.39 is 40.8 Å². The van der Waals surface area contributed by atoms with Crippen molar-refractivity contribution in [1.29, 1.82) is 0 Å². The van der Waals surface area contributed by atoms with Crippen LogP contribution in [-0.2, 0) is 17.4 Å². The van der Waals surface area contributed by atoms with Gasteiger partial charge in [-0.15, -0.1) is 0 Å². The van der Waals surface area contributed by atoms with E-state index in [1.54, 1.807) is 6.07 Å². The van der Waals surface area contributed by atoms with Crippen molar-refractivity contribution < 1.29 is 31.5 Å². The number of anilines is 1. The number of fused-ring (bicyclic) bond motifs is 1. The summed E-state index contributed by atoms with van der Waals surface area (Å²) in [6, 6.07) is 8.42. The SMILES string of the molecule is O=C1Cc2cc(Br)cc(NC(=O)c3cc(F)cc(C(F)(F)F)c3)c2C(c2cc(F)ccc2Cl)CN1. The van der Waals surface area contributed by atoms with Crippen molar-refractivity contribution in [3.63, 3.8) is 0 Å². The largest absolute Gasteiger partial charge is 0.416 e. The van der Waals surface area contributed by atoms with Crippen LogP contribution in [0, 0.1) is 11.6 Å². The van der Waals surface area contributed by atoms with E-state index in [4.69, 9.17) is 11.6 Å². The van der Waals surface area contributed by atoms with Crippen LogP contribution in [0.2, 0.25) is 5.02 Å². The Morgan fingerprint density at radius 1 is 1.06 bits per heavy atom. The van der Waals surface area contributed by atoms with Crippen molar-refractivity contribution in [1.82, 2.24) is 5.32 Å². The molecule has 1 aliphatic heterocycles. The van der Waals surface area contributed by atoms with E-state index in [0.717, 1.165) is 0 Å². The van der Waals surface area contributed by atoms with Gasteiger partial charge in [-0.2, -0.15) is 13.2 Å². The lowest BCUT2D eigenvalue weighted by molar-refractivity contribution is -0.137. The molecule has 2 N–H and O–H groups in total. The van der Waals surface area contributed by atoms with Crippen LogP contribution in [0.3, 0.4) is 0 Å². The summed E-state index contributed by atoms with van der Waals surface area (Å²) >= 11 is 9.63. The fourth-order valence-electron chi connectivity index (χ4n) is 4.02. The van der Waals surface area contributed by atoms with Crippen molar-refractivity contribution in [3.05, 3.63) is 97.5 Å². The topological polar surface area (TPSA) is 58.2 Å². The molecule has 1 unspecified atom stereocenters. The van der Waals surface area contributed by atoms with Gasteiger partial charge < -0.3 is 10.6 Å². The molecule has 0 fully saturated rings. The third-order valence-corrected chi connectivity index (χ3v) is 6.30. The average Bonchev–Trinajstić information content (AvgIpc) is 2.92. The maximum absolute atomic E-state index is 14.1. The Hall–Kier alpha value is -2.98. The Morgan fingerprint density at radius 3 is 2.51 bits per heavy atom. The van der Waals surface area contributed by atoms with Crippen LogP contribution >= 0.6 is 27.5 Å². The first kappa shape index (κ1) is 25.1. The highest BCUT2D eigenvalue weighted by molar-refractivity contribution is 9.10. The first-order chi connectivity index (χ1) is 16.4. The van der Waals surface area contributed by atoms with Gasteiger partial charge in [-0.25, -0.2) is 8.78 Å². The maximum Gasteiger partial charge on any atom is 0.416 e. The molecule has 35 heavy (non-hydrogen) atoms. The number of halogens is 7. The van der Waals surface area contributed by atoms with Crippen molar-refractivity contribution in [3.8, 4) is 0 Å². The number of hydrogen-bond donors (Lipinski definition) is 2. The first-order valence-electron chi connectivity index (χ1n) is 10.2. The Morgan fingerprint density at radius 2 is 1.80 bits per heavy atom. The molecule has 4 nitrogen and oxygen atoms in total. The van der Waals surface area contributed by atoms with Gasteiger partial charge in [-0.3, -0.25) is 9.59 Å². The molecular formula is C24H15BrClF5N2O2. The highest BCUT2D eigenvalue weighted by Crippen LogP contribution is 2.40. The molecule has 182 valence electrons. The number of benzene rings is 3. The second-order valence-electron chi connectivity index (χ2n) is 7.91. The number of carbonyl (C=O) groups excluding carboxylic acids is 2. The molecule has 4 rings (SSSR count). The van der Waals surface area contributed by atoms with Crippen LogP contribution < -0.4 is 10.6 Å². The molecule has 11 heteroatoms. The van der Waals surface area contributed by atoms with E-state index in [9.17, 15) is 31.5 Å². The smallest absolute Gasteiger partial charge is 0.355 e. The minimum atomic E-state index is -4.85. The number of hydrogen-bond acceptors (Lipinski definition) is 2. The molecule has 0 spiro atoms. The average molecular weight is 574 g/mol. The number of rotatable bonds is 3. The molecule has 0 radical (unpaired) electrons. The second kappa shape index (κ2) is 9.58. The molecule has 0 aromatic heterocycles. The third-order valence-electron chi connectivity index (χ3n) is 5.50. The van der Waals surface area contributed by atoms with Gasteiger partial charge in [0, 0.05) is 33.2 Å². The van der Waals surface area contributed by atoms with Crippen molar-refractivity contribution in [2.45, 2.75) is 18.5 Å². The second-order valence-corrected chi connectivity index (χ2v) is 9.23. The molecule has 0 bridgehead atoms. The number of amides is 2. The van der Waals surface area contributed by atoms with Gasteiger partial charge in [0.05, 0.1) is 12.0 Å². The normalized spacial score (nSPS) is 15.7. The van der Waals surface area contributed by atoms with Crippen LogP contribution in [0.15, 0.2) is 53.0 Å². The predicted molar refractivity (Wildman–Crippen MR) is 123 cm³/mol. The quantitative estimate of drug-likeness (QED) is 0.354. The highest BCUT2D eigenvalue weighted by atomic mass is 79.9. The molecule has 3 aromatic rings. The summed E-state index contributed by atoms with van der Waals surface area (Å²) in [5.74, 6) is -3.80. The van der Waals surface area contributed by atoms with E-state index >= 15 is 0 Å². The maximum atomic E-state index is 14.1. The molecule has 0 saturated heterocycles.